The minimum atomic E-state index is -0.832. The van der Waals surface area contributed by atoms with Crippen LogP contribution in [-0.4, -0.2) is 119 Å². The number of methoxy groups -OCH3 is 2. The zero-order valence-electron chi connectivity index (χ0n) is 36.0. The molecule has 0 spiro atoms. The number of ether oxygens (including phenoxy) is 2. The molecular formula is C46H55N9O7. The smallest absolute Gasteiger partial charge is 0.407 e. The molecule has 2 saturated heterocycles. The molecule has 2 fully saturated rings. The minimum absolute atomic E-state index is 0.125. The maximum atomic E-state index is 14.4. The molecule has 3 aromatic carbocycles. The number of benzene rings is 3. The zero-order chi connectivity index (χ0) is 44.1. The van der Waals surface area contributed by atoms with Gasteiger partial charge in [-0.2, -0.15) is 0 Å². The van der Waals surface area contributed by atoms with Crippen molar-refractivity contribution in [3.8, 4) is 22.4 Å². The van der Waals surface area contributed by atoms with E-state index in [2.05, 4.69) is 25.9 Å². The third-order valence-electron chi connectivity index (χ3n) is 11.9. The minimum Gasteiger partial charge on any atom is -0.453 e. The first-order valence-corrected chi connectivity index (χ1v) is 21.1. The molecule has 326 valence electrons. The van der Waals surface area contributed by atoms with E-state index in [9.17, 15) is 24.0 Å². The summed E-state index contributed by atoms with van der Waals surface area (Å²) in [7, 11) is 2.54. The number of carbonyl (C=O) groups is 5. The van der Waals surface area contributed by atoms with Gasteiger partial charge in [0.15, 0.2) is 0 Å². The lowest BCUT2D eigenvalue weighted by Gasteiger charge is -2.34. The van der Waals surface area contributed by atoms with Crippen LogP contribution in [0.1, 0.15) is 74.4 Å². The second-order valence-electron chi connectivity index (χ2n) is 16.5. The van der Waals surface area contributed by atoms with Gasteiger partial charge in [0.2, 0.25) is 11.8 Å². The van der Waals surface area contributed by atoms with Crippen LogP contribution in [0.15, 0.2) is 90.1 Å². The summed E-state index contributed by atoms with van der Waals surface area (Å²) in [6.45, 7) is 9.00. The number of aromatic amines is 1. The highest BCUT2D eigenvalue weighted by Gasteiger charge is 2.45. The SMILES string of the molecule is COC(=O)NC(C(=O)N1CNCC1C1=NCC(c2ccc(-c3ccc(-c4cnc(C5CCCN5C(=O)C(NC(=O)OC)C(C)C)[nH]4)cc3)cc2)N1C(=O)c1ccccc1)C(C)C. The predicted octanol–water partition coefficient (Wildman–Crippen LogP) is 5.52. The fourth-order valence-corrected chi connectivity index (χ4v) is 8.45. The van der Waals surface area contributed by atoms with E-state index in [4.69, 9.17) is 14.5 Å². The van der Waals surface area contributed by atoms with Crippen LogP contribution in [0.4, 0.5) is 9.59 Å². The van der Waals surface area contributed by atoms with Gasteiger partial charge in [0.1, 0.15) is 29.8 Å². The first-order chi connectivity index (χ1) is 29.9. The van der Waals surface area contributed by atoms with Gasteiger partial charge >= 0.3 is 12.2 Å². The van der Waals surface area contributed by atoms with E-state index in [1.165, 1.54) is 14.2 Å². The summed E-state index contributed by atoms with van der Waals surface area (Å²) in [4.78, 5) is 84.3. The summed E-state index contributed by atoms with van der Waals surface area (Å²) in [6.07, 6.45) is 2.04. The van der Waals surface area contributed by atoms with Crippen molar-refractivity contribution in [1.82, 2.24) is 40.6 Å². The van der Waals surface area contributed by atoms with Crippen molar-refractivity contribution < 1.29 is 33.4 Å². The number of likely N-dealkylation sites (tertiary alicyclic amines) is 1. The molecule has 0 saturated carbocycles. The van der Waals surface area contributed by atoms with E-state index < -0.39 is 36.4 Å². The van der Waals surface area contributed by atoms with Crippen LogP contribution >= 0.6 is 0 Å². The number of carbonyl (C=O) groups excluding carboxylic acids is 5. The third kappa shape index (κ3) is 9.05. The molecule has 0 aliphatic carbocycles. The number of nitrogens with one attached hydrogen (secondary N) is 4. The summed E-state index contributed by atoms with van der Waals surface area (Å²) >= 11 is 0. The Bertz CT molecular complexity index is 2280. The van der Waals surface area contributed by atoms with Gasteiger partial charge in [-0.25, -0.2) is 14.6 Å². The van der Waals surface area contributed by atoms with Crippen LogP contribution in [-0.2, 0) is 19.1 Å². The molecule has 0 bridgehead atoms. The third-order valence-corrected chi connectivity index (χ3v) is 11.9. The molecule has 5 amide bonds. The number of H-pyrrole nitrogens is 1. The van der Waals surface area contributed by atoms with E-state index in [1.807, 2.05) is 94.4 Å². The zero-order valence-corrected chi connectivity index (χ0v) is 36.0. The Morgan fingerprint density at radius 1 is 0.726 bits per heavy atom. The standard InChI is InChI=1S/C46H55N9O7/c1-27(2)38(51-45(59)61-5)43(57)53-22-10-13-35(53)40-48-23-34(50-40)31-18-14-29(15-19-31)30-16-20-32(21-17-30)36-25-49-41(55(36)42(56)33-11-8-7-9-12-33)37-24-47-26-54(37)44(58)39(28(3)4)52-46(60)62-6/h7-9,11-12,14-21,23,27-28,35-39,47H,10,13,22,24-26H2,1-6H3,(H,48,50)(H,51,59)(H,52,60). The molecule has 1 aromatic heterocycles. The average Bonchev–Trinajstić information content (AvgIpc) is 4.13. The Hall–Kier alpha value is -6.55. The Morgan fingerprint density at radius 3 is 1.90 bits per heavy atom. The normalized spacial score (nSPS) is 19.6. The number of nitrogens with zero attached hydrogens (tertiary/aromatic N) is 5. The molecule has 16 heteroatoms. The number of imidazole rings is 1. The number of amides is 5. The van der Waals surface area contributed by atoms with E-state index in [1.54, 1.807) is 33.0 Å². The maximum absolute atomic E-state index is 14.4. The molecule has 4 aromatic rings. The molecule has 4 N–H and O–H groups in total. The van der Waals surface area contributed by atoms with Crippen molar-refractivity contribution in [3.05, 3.63) is 102 Å². The Kier molecular flexibility index (Phi) is 13.4. The highest BCUT2D eigenvalue weighted by molar-refractivity contribution is 6.10. The second-order valence-corrected chi connectivity index (χ2v) is 16.5. The topological polar surface area (TPSA) is 191 Å². The van der Waals surface area contributed by atoms with E-state index in [-0.39, 0.29) is 42.3 Å². The maximum Gasteiger partial charge on any atom is 0.407 e. The molecule has 5 unspecified atom stereocenters. The average molecular weight is 846 g/mol. The van der Waals surface area contributed by atoms with Crippen LogP contribution < -0.4 is 16.0 Å². The summed E-state index contributed by atoms with van der Waals surface area (Å²) in [5.74, 6) is 0.180. The van der Waals surface area contributed by atoms with Crippen LogP contribution in [0.5, 0.6) is 0 Å². The van der Waals surface area contributed by atoms with Gasteiger partial charge in [0.25, 0.3) is 5.91 Å². The van der Waals surface area contributed by atoms with E-state index in [0.29, 0.717) is 36.9 Å². The molecular weight excluding hydrogens is 791 g/mol. The van der Waals surface area contributed by atoms with Crippen molar-refractivity contribution >= 4 is 35.7 Å². The number of alkyl carbamates (subject to hydrolysis) is 2. The number of aliphatic imine (C=N–C) groups is 1. The fourth-order valence-electron chi connectivity index (χ4n) is 8.45. The van der Waals surface area contributed by atoms with Crippen molar-refractivity contribution in [2.24, 2.45) is 16.8 Å². The first kappa shape index (κ1) is 43.5. The van der Waals surface area contributed by atoms with Crippen molar-refractivity contribution in [3.63, 3.8) is 0 Å². The molecule has 3 aliphatic rings. The second kappa shape index (κ2) is 19.0. The van der Waals surface area contributed by atoms with Gasteiger partial charge in [0.05, 0.1) is 51.4 Å². The lowest BCUT2D eigenvalue weighted by atomic mass is 9.98. The van der Waals surface area contributed by atoms with Crippen LogP contribution in [0.25, 0.3) is 22.4 Å². The predicted molar refractivity (Wildman–Crippen MR) is 233 cm³/mol. The number of aromatic nitrogens is 2. The van der Waals surface area contributed by atoms with Crippen molar-refractivity contribution in [2.75, 3.05) is 40.5 Å². The van der Waals surface area contributed by atoms with Gasteiger partial charge in [-0.05, 0) is 59.1 Å². The summed E-state index contributed by atoms with van der Waals surface area (Å²) in [5, 5.41) is 8.64. The van der Waals surface area contributed by atoms with Gasteiger partial charge in [-0.3, -0.25) is 29.6 Å². The Balaban J connectivity index is 1.07. The Morgan fingerprint density at radius 2 is 1.31 bits per heavy atom. The fraction of sp³-hybridized carbons (Fsp3) is 0.413. The van der Waals surface area contributed by atoms with Gasteiger partial charge in [-0.1, -0.05) is 94.4 Å². The highest BCUT2D eigenvalue weighted by atomic mass is 16.5. The van der Waals surface area contributed by atoms with E-state index in [0.717, 1.165) is 40.8 Å². The van der Waals surface area contributed by atoms with Crippen LogP contribution in [0, 0.1) is 11.8 Å². The van der Waals surface area contributed by atoms with Gasteiger partial charge < -0.3 is 34.9 Å². The molecule has 0 radical (unpaired) electrons. The highest BCUT2D eigenvalue weighted by Crippen LogP contribution is 2.35. The number of rotatable bonds is 12. The quantitative estimate of drug-likeness (QED) is 0.142. The van der Waals surface area contributed by atoms with Crippen LogP contribution in [0.3, 0.4) is 0 Å². The largest absolute Gasteiger partial charge is 0.453 e. The van der Waals surface area contributed by atoms with Gasteiger partial charge in [0, 0.05) is 18.7 Å². The van der Waals surface area contributed by atoms with Crippen LogP contribution in [0.2, 0.25) is 0 Å². The monoisotopic (exact) mass is 845 g/mol. The summed E-state index contributed by atoms with van der Waals surface area (Å²) in [5.41, 5.74) is 5.15. The molecule has 3 aliphatic heterocycles. The summed E-state index contributed by atoms with van der Waals surface area (Å²) in [6, 6.07) is 22.6. The molecule has 16 nitrogen and oxygen atoms in total. The number of hydrogen-bond donors (Lipinski definition) is 4. The number of hydrogen-bond acceptors (Lipinski definition) is 10. The Labute approximate surface area is 361 Å². The van der Waals surface area contributed by atoms with Gasteiger partial charge in [-0.15, -0.1) is 0 Å². The molecule has 4 heterocycles. The molecule has 62 heavy (non-hydrogen) atoms. The lowest BCUT2D eigenvalue weighted by Crippen LogP contribution is -2.56. The lowest BCUT2D eigenvalue weighted by molar-refractivity contribution is -0.135. The van der Waals surface area contributed by atoms with E-state index >= 15 is 0 Å². The van der Waals surface area contributed by atoms with Crippen molar-refractivity contribution in [2.45, 2.75) is 70.7 Å². The first-order valence-electron chi connectivity index (χ1n) is 21.1. The molecule has 7 rings (SSSR count). The number of amidine groups is 1. The molecule has 5 atom stereocenters. The summed E-state index contributed by atoms with van der Waals surface area (Å²) < 4.78 is 9.57. The van der Waals surface area contributed by atoms with Crippen molar-refractivity contribution in [1.29, 1.82) is 0 Å².